The fourth-order valence-electron chi connectivity index (χ4n) is 2.48. The lowest BCUT2D eigenvalue weighted by atomic mass is 9.83. The highest BCUT2D eigenvalue weighted by Crippen LogP contribution is 2.26. The zero-order chi connectivity index (χ0) is 14.8. The summed E-state index contributed by atoms with van der Waals surface area (Å²) in [6.45, 7) is -0.0108. The molecule has 0 bridgehead atoms. The Balaban J connectivity index is 0.00000220. The summed E-state index contributed by atoms with van der Waals surface area (Å²) in [5.41, 5.74) is 5.47. The van der Waals surface area contributed by atoms with E-state index in [1.54, 1.807) is 0 Å². The molecule has 0 saturated heterocycles. The van der Waals surface area contributed by atoms with Crippen molar-refractivity contribution in [2.75, 3.05) is 6.54 Å². The zero-order valence-corrected chi connectivity index (χ0v) is 13.1. The standard InChI is InChI=1S/C13H18F2N2O2S.ClH/c14-10-5-4-6-11(15)12(10)20(18,19)17-9-13(16)7-2-1-3-8-13;/h4-6,17H,1-3,7-9,16H2;1H. The molecular formula is C13H19ClF2N2O2S. The van der Waals surface area contributed by atoms with Gasteiger partial charge in [0.05, 0.1) is 0 Å². The van der Waals surface area contributed by atoms with Crippen molar-refractivity contribution in [3.8, 4) is 0 Å². The SMILES string of the molecule is Cl.NC1(CNS(=O)(=O)c2c(F)cccc2F)CCCCC1. The van der Waals surface area contributed by atoms with Crippen LogP contribution in [0.15, 0.2) is 23.1 Å². The number of rotatable bonds is 4. The third kappa shape index (κ3) is 4.35. The minimum atomic E-state index is -4.24. The van der Waals surface area contributed by atoms with Crippen molar-refractivity contribution in [2.45, 2.75) is 42.5 Å². The summed E-state index contributed by atoms with van der Waals surface area (Å²) in [6.07, 6.45) is 4.36. The van der Waals surface area contributed by atoms with Gasteiger partial charge in [0.2, 0.25) is 10.0 Å². The molecule has 8 heteroatoms. The topological polar surface area (TPSA) is 72.2 Å². The first-order chi connectivity index (χ1) is 9.34. The van der Waals surface area contributed by atoms with E-state index >= 15 is 0 Å². The van der Waals surface area contributed by atoms with E-state index in [-0.39, 0.29) is 19.0 Å². The molecule has 1 aliphatic rings. The van der Waals surface area contributed by atoms with E-state index in [9.17, 15) is 17.2 Å². The molecule has 0 atom stereocenters. The van der Waals surface area contributed by atoms with Gasteiger partial charge in [0.1, 0.15) is 11.6 Å². The molecule has 1 aromatic carbocycles. The summed E-state index contributed by atoms with van der Waals surface area (Å²) in [5, 5.41) is 0. The first-order valence-electron chi connectivity index (χ1n) is 6.57. The van der Waals surface area contributed by atoms with Crippen molar-refractivity contribution < 1.29 is 17.2 Å². The first kappa shape index (κ1) is 18.3. The second-order valence-electron chi connectivity index (χ2n) is 5.30. The monoisotopic (exact) mass is 340 g/mol. The van der Waals surface area contributed by atoms with Gasteiger partial charge >= 0.3 is 0 Å². The number of hydrogen-bond donors (Lipinski definition) is 2. The van der Waals surface area contributed by atoms with Gasteiger partial charge in [-0.15, -0.1) is 12.4 Å². The summed E-state index contributed by atoms with van der Waals surface area (Å²) in [7, 11) is -4.24. The summed E-state index contributed by atoms with van der Waals surface area (Å²) < 4.78 is 53.3. The van der Waals surface area contributed by atoms with Crippen LogP contribution in [0.2, 0.25) is 0 Å². The Morgan fingerprint density at radius 1 is 1.14 bits per heavy atom. The predicted octanol–water partition coefficient (Wildman–Crippen LogP) is 2.33. The van der Waals surface area contributed by atoms with Crippen molar-refractivity contribution in [1.82, 2.24) is 4.72 Å². The van der Waals surface area contributed by atoms with Crippen LogP contribution in [0.4, 0.5) is 8.78 Å². The Hall–Kier alpha value is -0.760. The molecule has 1 saturated carbocycles. The molecule has 3 N–H and O–H groups in total. The number of sulfonamides is 1. The van der Waals surface area contributed by atoms with Crippen LogP contribution in [0.1, 0.15) is 32.1 Å². The molecule has 0 aliphatic heterocycles. The van der Waals surface area contributed by atoms with E-state index in [2.05, 4.69) is 4.72 Å². The molecule has 1 aliphatic carbocycles. The smallest absolute Gasteiger partial charge is 0.246 e. The molecule has 0 radical (unpaired) electrons. The van der Waals surface area contributed by atoms with Gasteiger partial charge in [0.15, 0.2) is 4.90 Å². The van der Waals surface area contributed by atoms with Crippen molar-refractivity contribution in [3.63, 3.8) is 0 Å². The number of halogens is 3. The minimum Gasteiger partial charge on any atom is -0.324 e. The second kappa shape index (κ2) is 7.00. The lowest BCUT2D eigenvalue weighted by molar-refractivity contribution is 0.296. The first-order valence-corrected chi connectivity index (χ1v) is 8.05. The van der Waals surface area contributed by atoms with Crippen LogP contribution < -0.4 is 10.5 Å². The van der Waals surface area contributed by atoms with Gasteiger partial charge in [-0.05, 0) is 25.0 Å². The Morgan fingerprint density at radius 3 is 2.19 bits per heavy atom. The van der Waals surface area contributed by atoms with Gasteiger partial charge in [-0.1, -0.05) is 25.3 Å². The Bertz CT molecular complexity index is 570. The highest BCUT2D eigenvalue weighted by molar-refractivity contribution is 7.89. The highest BCUT2D eigenvalue weighted by atomic mass is 35.5. The van der Waals surface area contributed by atoms with Crippen LogP contribution in [-0.4, -0.2) is 20.5 Å². The number of nitrogens with two attached hydrogens (primary N) is 1. The molecule has 4 nitrogen and oxygen atoms in total. The Morgan fingerprint density at radius 2 is 1.67 bits per heavy atom. The van der Waals surface area contributed by atoms with E-state index < -0.39 is 32.1 Å². The Kier molecular flexibility index (Phi) is 6.10. The van der Waals surface area contributed by atoms with Gasteiger partial charge in [-0.3, -0.25) is 0 Å². The van der Waals surface area contributed by atoms with Crippen LogP contribution in [0, 0.1) is 11.6 Å². The molecule has 0 aromatic heterocycles. The van der Waals surface area contributed by atoms with Crippen LogP contribution in [0.5, 0.6) is 0 Å². The molecule has 1 aromatic rings. The quantitative estimate of drug-likeness (QED) is 0.883. The van der Waals surface area contributed by atoms with E-state index in [1.807, 2.05) is 0 Å². The lowest BCUT2D eigenvalue weighted by Gasteiger charge is -2.33. The maximum atomic E-state index is 13.5. The molecule has 0 unspecified atom stereocenters. The van der Waals surface area contributed by atoms with E-state index in [1.165, 1.54) is 0 Å². The second-order valence-corrected chi connectivity index (χ2v) is 7.00. The molecule has 2 rings (SSSR count). The average Bonchev–Trinajstić information content (AvgIpc) is 2.37. The van der Waals surface area contributed by atoms with E-state index in [0.717, 1.165) is 37.5 Å². The van der Waals surface area contributed by atoms with Gasteiger partial charge in [-0.25, -0.2) is 21.9 Å². The lowest BCUT2D eigenvalue weighted by Crippen LogP contribution is -2.51. The van der Waals surface area contributed by atoms with Crippen LogP contribution >= 0.6 is 12.4 Å². The molecule has 21 heavy (non-hydrogen) atoms. The number of benzene rings is 1. The fourth-order valence-corrected chi connectivity index (χ4v) is 3.75. The maximum Gasteiger partial charge on any atom is 0.246 e. The molecule has 1 fully saturated rings. The molecule has 0 spiro atoms. The van der Waals surface area contributed by atoms with Crippen molar-refractivity contribution in [3.05, 3.63) is 29.8 Å². The third-order valence-electron chi connectivity index (χ3n) is 3.65. The van der Waals surface area contributed by atoms with Crippen LogP contribution in [0.3, 0.4) is 0 Å². The fraction of sp³-hybridized carbons (Fsp3) is 0.538. The van der Waals surface area contributed by atoms with Gasteiger partial charge in [-0.2, -0.15) is 0 Å². The largest absolute Gasteiger partial charge is 0.324 e. The number of hydrogen-bond acceptors (Lipinski definition) is 3. The van der Waals surface area contributed by atoms with Gasteiger partial charge < -0.3 is 5.73 Å². The average molecular weight is 341 g/mol. The molecular weight excluding hydrogens is 322 g/mol. The summed E-state index contributed by atoms with van der Waals surface area (Å²) >= 11 is 0. The Labute approximate surface area is 129 Å². The molecule has 0 heterocycles. The summed E-state index contributed by atoms with van der Waals surface area (Å²) in [4.78, 5) is -0.945. The summed E-state index contributed by atoms with van der Waals surface area (Å²) in [5.74, 6) is -2.21. The summed E-state index contributed by atoms with van der Waals surface area (Å²) in [6, 6.07) is 2.95. The van der Waals surface area contributed by atoms with Gasteiger partial charge in [0.25, 0.3) is 0 Å². The van der Waals surface area contributed by atoms with E-state index in [4.69, 9.17) is 5.73 Å². The highest BCUT2D eigenvalue weighted by Gasteiger charge is 2.31. The number of nitrogens with one attached hydrogen (secondary N) is 1. The minimum absolute atomic E-state index is 0. The maximum absolute atomic E-state index is 13.5. The predicted molar refractivity (Wildman–Crippen MR) is 78.8 cm³/mol. The van der Waals surface area contributed by atoms with Crippen molar-refractivity contribution >= 4 is 22.4 Å². The zero-order valence-electron chi connectivity index (χ0n) is 11.4. The van der Waals surface area contributed by atoms with Crippen molar-refractivity contribution in [1.29, 1.82) is 0 Å². The normalized spacial score (nSPS) is 18.0. The van der Waals surface area contributed by atoms with Crippen LogP contribution in [-0.2, 0) is 10.0 Å². The molecule has 120 valence electrons. The van der Waals surface area contributed by atoms with Crippen molar-refractivity contribution in [2.24, 2.45) is 5.73 Å². The third-order valence-corrected chi connectivity index (χ3v) is 5.10. The van der Waals surface area contributed by atoms with E-state index in [0.29, 0.717) is 12.8 Å². The van der Waals surface area contributed by atoms with Gasteiger partial charge in [0, 0.05) is 12.1 Å². The molecule has 0 amide bonds. The van der Waals surface area contributed by atoms with Crippen LogP contribution in [0.25, 0.3) is 0 Å².